The second-order valence-corrected chi connectivity index (χ2v) is 4.48. The minimum Gasteiger partial charge on any atom is -0.480 e. The second kappa shape index (κ2) is 5.23. The molecule has 2 rings (SSSR count). The van der Waals surface area contributed by atoms with Crippen molar-refractivity contribution in [3.05, 3.63) is 30.4 Å². The molecule has 7 nitrogen and oxygen atoms in total. The maximum atomic E-state index is 12.2. The number of nitrogens with one attached hydrogen (secondary N) is 1. The Morgan fingerprint density at radius 1 is 1.74 bits per heavy atom. The number of H-pyrrole nitrogens is 1. The van der Waals surface area contributed by atoms with Gasteiger partial charge in [0.1, 0.15) is 6.04 Å². The Morgan fingerprint density at radius 2 is 2.47 bits per heavy atom. The van der Waals surface area contributed by atoms with Gasteiger partial charge in [0.2, 0.25) is 5.91 Å². The largest absolute Gasteiger partial charge is 0.480 e. The number of aliphatic carboxylic acids is 1. The molecule has 0 saturated heterocycles. The van der Waals surface area contributed by atoms with E-state index in [-0.39, 0.29) is 18.9 Å². The van der Waals surface area contributed by atoms with Crippen LogP contribution in [0.2, 0.25) is 0 Å². The van der Waals surface area contributed by atoms with E-state index in [1.807, 2.05) is 0 Å². The molecule has 2 atom stereocenters. The highest BCUT2D eigenvalue weighted by Gasteiger charge is 2.37. The molecule has 1 aromatic rings. The van der Waals surface area contributed by atoms with Crippen molar-refractivity contribution in [2.75, 3.05) is 0 Å². The molecule has 0 fully saturated rings. The summed E-state index contributed by atoms with van der Waals surface area (Å²) >= 11 is 0. The topological polar surface area (TPSA) is 112 Å². The van der Waals surface area contributed by atoms with E-state index in [9.17, 15) is 14.7 Å². The van der Waals surface area contributed by atoms with E-state index in [0.717, 1.165) is 5.69 Å². The van der Waals surface area contributed by atoms with Crippen molar-refractivity contribution in [1.82, 2.24) is 14.9 Å². The van der Waals surface area contributed by atoms with Gasteiger partial charge in [-0.2, -0.15) is 0 Å². The van der Waals surface area contributed by atoms with Crippen LogP contribution in [0.5, 0.6) is 0 Å². The van der Waals surface area contributed by atoms with Crippen molar-refractivity contribution >= 4 is 11.9 Å². The summed E-state index contributed by atoms with van der Waals surface area (Å²) in [6, 6.07) is -1.68. The van der Waals surface area contributed by atoms with Gasteiger partial charge in [-0.15, -0.1) is 6.58 Å². The number of carboxylic acids is 1. The summed E-state index contributed by atoms with van der Waals surface area (Å²) in [7, 11) is 0. The lowest BCUT2D eigenvalue weighted by Gasteiger charge is -2.33. The SMILES string of the molecule is C=CCC(N)C(=O)N1Cc2[nH]cnc2CC1C(=O)O. The summed E-state index contributed by atoms with van der Waals surface area (Å²) in [6.07, 6.45) is 3.56. The van der Waals surface area contributed by atoms with Gasteiger partial charge in [0.15, 0.2) is 0 Å². The van der Waals surface area contributed by atoms with Crippen molar-refractivity contribution in [1.29, 1.82) is 0 Å². The van der Waals surface area contributed by atoms with Gasteiger partial charge in [-0.25, -0.2) is 9.78 Å². The van der Waals surface area contributed by atoms with Gasteiger partial charge >= 0.3 is 5.97 Å². The Bertz CT molecular complexity index is 511. The molecule has 7 heteroatoms. The Labute approximate surface area is 110 Å². The predicted octanol–water partition coefficient (Wildman–Crippen LogP) is -0.349. The van der Waals surface area contributed by atoms with Crippen LogP contribution in [0.15, 0.2) is 19.0 Å². The first kappa shape index (κ1) is 13.3. The molecular formula is C12H16N4O3. The Balaban J connectivity index is 2.24. The molecule has 0 bridgehead atoms. The average Bonchev–Trinajstić information content (AvgIpc) is 2.83. The fourth-order valence-corrected chi connectivity index (χ4v) is 2.18. The first-order valence-electron chi connectivity index (χ1n) is 5.95. The molecule has 19 heavy (non-hydrogen) atoms. The molecule has 102 valence electrons. The van der Waals surface area contributed by atoms with Crippen molar-refractivity contribution in [3.63, 3.8) is 0 Å². The molecule has 0 radical (unpaired) electrons. The number of nitrogens with zero attached hydrogens (tertiary/aromatic N) is 2. The van der Waals surface area contributed by atoms with E-state index >= 15 is 0 Å². The number of hydrogen-bond donors (Lipinski definition) is 3. The molecule has 1 aliphatic heterocycles. The zero-order chi connectivity index (χ0) is 14.0. The first-order valence-corrected chi connectivity index (χ1v) is 5.95. The fourth-order valence-electron chi connectivity index (χ4n) is 2.18. The highest BCUT2D eigenvalue weighted by molar-refractivity contribution is 5.87. The number of nitrogens with two attached hydrogens (primary N) is 1. The summed E-state index contributed by atoms with van der Waals surface area (Å²) in [5, 5.41) is 9.24. The van der Waals surface area contributed by atoms with E-state index in [4.69, 9.17) is 5.73 Å². The molecule has 1 amide bonds. The van der Waals surface area contributed by atoms with Crippen molar-refractivity contribution < 1.29 is 14.7 Å². The maximum Gasteiger partial charge on any atom is 0.326 e. The van der Waals surface area contributed by atoms with E-state index in [1.165, 1.54) is 11.2 Å². The third-order valence-electron chi connectivity index (χ3n) is 3.20. The number of amides is 1. The first-order chi connectivity index (χ1) is 9.04. The van der Waals surface area contributed by atoms with Crippen LogP contribution in [0.25, 0.3) is 0 Å². The average molecular weight is 264 g/mol. The smallest absolute Gasteiger partial charge is 0.326 e. The lowest BCUT2D eigenvalue weighted by atomic mass is 10.0. The zero-order valence-corrected chi connectivity index (χ0v) is 10.4. The van der Waals surface area contributed by atoms with Crippen molar-refractivity contribution in [3.8, 4) is 0 Å². The van der Waals surface area contributed by atoms with Crippen LogP contribution in [0.1, 0.15) is 17.8 Å². The third kappa shape index (κ3) is 2.50. The number of aromatic amines is 1. The second-order valence-electron chi connectivity index (χ2n) is 4.48. The van der Waals surface area contributed by atoms with Gasteiger partial charge in [-0.1, -0.05) is 6.08 Å². The van der Waals surface area contributed by atoms with Crippen molar-refractivity contribution in [2.45, 2.75) is 31.5 Å². The van der Waals surface area contributed by atoms with Crippen LogP contribution in [0.4, 0.5) is 0 Å². The number of hydrogen-bond acceptors (Lipinski definition) is 4. The highest BCUT2D eigenvalue weighted by Crippen LogP contribution is 2.21. The summed E-state index contributed by atoms with van der Waals surface area (Å²) in [5.41, 5.74) is 7.18. The van der Waals surface area contributed by atoms with Crippen LogP contribution in [0.3, 0.4) is 0 Å². The summed E-state index contributed by atoms with van der Waals surface area (Å²) in [4.78, 5) is 31.7. The molecule has 0 aromatic carbocycles. The van der Waals surface area contributed by atoms with Gasteiger partial charge in [-0.3, -0.25) is 4.79 Å². The van der Waals surface area contributed by atoms with Crippen LogP contribution >= 0.6 is 0 Å². The molecule has 0 saturated carbocycles. The van der Waals surface area contributed by atoms with Gasteiger partial charge in [-0.05, 0) is 6.42 Å². The van der Waals surface area contributed by atoms with E-state index in [0.29, 0.717) is 12.1 Å². The van der Waals surface area contributed by atoms with Gasteiger partial charge < -0.3 is 20.7 Å². The van der Waals surface area contributed by atoms with Gasteiger partial charge in [0.25, 0.3) is 0 Å². The quantitative estimate of drug-likeness (QED) is 0.643. The van der Waals surface area contributed by atoms with E-state index in [2.05, 4.69) is 16.5 Å². The predicted molar refractivity (Wildman–Crippen MR) is 67.1 cm³/mol. The molecule has 0 spiro atoms. The number of rotatable bonds is 4. The molecule has 2 heterocycles. The van der Waals surface area contributed by atoms with Crippen LogP contribution in [-0.4, -0.2) is 43.9 Å². The van der Waals surface area contributed by atoms with Crippen molar-refractivity contribution in [2.24, 2.45) is 5.73 Å². The third-order valence-corrected chi connectivity index (χ3v) is 3.20. The summed E-state index contributed by atoms with van der Waals surface area (Å²) < 4.78 is 0. The molecule has 4 N–H and O–H groups in total. The maximum absolute atomic E-state index is 12.2. The minimum absolute atomic E-state index is 0.190. The monoisotopic (exact) mass is 264 g/mol. The summed E-state index contributed by atoms with van der Waals surface area (Å²) in [5.74, 6) is -1.43. The van der Waals surface area contributed by atoms with Gasteiger partial charge in [0.05, 0.1) is 30.3 Å². The molecular weight excluding hydrogens is 248 g/mol. The number of carboxylic acid groups (broad SMARTS) is 1. The normalized spacial score (nSPS) is 19.6. The standard InChI is InChI=1S/C12H16N4O3/c1-2-3-7(13)11(17)16-5-9-8(14-6-15-9)4-10(16)12(18)19/h2,6-7,10H,1,3-5,13H2,(H,14,15)(H,18,19). The minimum atomic E-state index is -1.05. The number of fused-ring (bicyclic) bond motifs is 1. The number of imidazole rings is 1. The molecule has 1 aromatic heterocycles. The van der Waals surface area contributed by atoms with E-state index < -0.39 is 18.1 Å². The lowest BCUT2D eigenvalue weighted by molar-refractivity contribution is -0.152. The Hall–Kier alpha value is -2.15. The van der Waals surface area contributed by atoms with E-state index in [1.54, 1.807) is 6.08 Å². The zero-order valence-electron chi connectivity index (χ0n) is 10.4. The summed E-state index contributed by atoms with van der Waals surface area (Å²) in [6.45, 7) is 3.72. The van der Waals surface area contributed by atoms with Gasteiger partial charge in [0, 0.05) is 6.42 Å². The molecule has 0 aliphatic carbocycles. The number of aromatic nitrogens is 2. The van der Waals surface area contributed by atoms with Crippen LogP contribution < -0.4 is 5.73 Å². The van der Waals surface area contributed by atoms with Crippen LogP contribution in [-0.2, 0) is 22.6 Å². The highest BCUT2D eigenvalue weighted by atomic mass is 16.4. The Morgan fingerprint density at radius 3 is 3.11 bits per heavy atom. The fraction of sp³-hybridized carbons (Fsp3) is 0.417. The molecule has 1 aliphatic rings. The lowest BCUT2D eigenvalue weighted by Crippen LogP contribution is -2.53. The molecule has 2 unspecified atom stereocenters. The number of carbonyl (C=O) groups is 2. The number of carbonyl (C=O) groups excluding carboxylic acids is 1. The van der Waals surface area contributed by atoms with Crippen LogP contribution in [0, 0.1) is 0 Å². The Kier molecular flexibility index (Phi) is 3.66.